The Labute approximate surface area is 284 Å². The predicted octanol–water partition coefficient (Wildman–Crippen LogP) is 6.74. The third-order valence-electron chi connectivity index (χ3n) is 7.65. The minimum Gasteiger partial charge on any atom is -0.494 e. The van der Waals surface area contributed by atoms with E-state index in [2.05, 4.69) is 21.2 Å². The maximum absolute atomic E-state index is 14.5. The molecule has 4 aromatic carbocycles. The van der Waals surface area contributed by atoms with Crippen LogP contribution in [0.1, 0.15) is 38.3 Å². The van der Waals surface area contributed by atoms with E-state index < -0.39 is 34.3 Å². The van der Waals surface area contributed by atoms with Gasteiger partial charge in [0, 0.05) is 23.5 Å². The largest absolute Gasteiger partial charge is 0.494 e. The molecular weight excluding hydrogens is 685 g/mol. The van der Waals surface area contributed by atoms with E-state index in [0.29, 0.717) is 18.8 Å². The number of rotatable bonds is 15. The van der Waals surface area contributed by atoms with E-state index in [1.54, 1.807) is 24.3 Å². The van der Waals surface area contributed by atoms with Gasteiger partial charge in [-0.05, 0) is 92.1 Å². The molecule has 0 unspecified atom stereocenters. The van der Waals surface area contributed by atoms with Crippen LogP contribution in [0, 0.1) is 5.82 Å². The molecule has 0 bridgehead atoms. The maximum Gasteiger partial charge on any atom is 0.264 e. The van der Waals surface area contributed by atoms with Crippen LogP contribution in [0.25, 0.3) is 0 Å². The Bertz CT molecular complexity index is 1720. The molecule has 248 valence electrons. The first kappa shape index (κ1) is 35.6. The number of benzene rings is 4. The van der Waals surface area contributed by atoms with Gasteiger partial charge in [0.1, 0.15) is 24.2 Å². The summed E-state index contributed by atoms with van der Waals surface area (Å²) in [5.74, 6) is -0.997. The molecule has 0 aromatic heterocycles. The van der Waals surface area contributed by atoms with Crippen LogP contribution in [0.4, 0.5) is 10.1 Å². The summed E-state index contributed by atoms with van der Waals surface area (Å²) in [5.41, 5.74) is 1.80. The van der Waals surface area contributed by atoms with Gasteiger partial charge < -0.3 is 15.0 Å². The highest BCUT2D eigenvalue weighted by atomic mass is 79.9. The zero-order valence-corrected chi connectivity index (χ0v) is 29.0. The molecule has 47 heavy (non-hydrogen) atoms. The normalized spacial score (nSPS) is 12.5. The Hall–Kier alpha value is -4.22. The highest BCUT2D eigenvalue weighted by molar-refractivity contribution is 9.10. The first-order valence-corrected chi connectivity index (χ1v) is 17.6. The standard InChI is InChI=1S/C36H39BrFN3O5S/c1-4-26(3)39-36(43)34(23-27-9-7-6-8-10-27)40(24-28-11-13-29(37)14-12-28)35(42)25-41(31-17-19-32(20-18-31)46-5-2)47(44,45)33-21-15-30(38)16-22-33/h6-22,26,34H,4-5,23-25H2,1-3H3,(H,39,43)/t26-,34+/m1/s1. The number of amides is 2. The number of nitrogens with one attached hydrogen (secondary N) is 1. The van der Waals surface area contributed by atoms with Crippen molar-refractivity contribution >= 4 is 43.5 Å². The molecule has 4 rings (SSSR count). The summed E-state index contributed by atoms with van der Waals surface area (Å²) >= 11 is 3.44. The number of hydrogen-bond donors (Lipinski definition) is 1. The number of carbonyl (C=O) groups is 2. The van der Waals surface area contributed by atoms with Crippen molar-refractivity contribution in [3.63, 3.8) is 0 Å². The van der Waals surface area contributed by atoms with Crippen molar-refractivity contribution in [1.29, 1.82) is 0 Å². The second-order valence-electron chi connectivity index (χ2n) is 11.1. The summed E-state index contributed by atoms with van der Waals surface area (Å²) in [6, 6.07) is 26.4. The topological polar surface area (TPSA) is 96.0 Å². The molecule has 0 aliphatic carbocycles. The molecule has 2 amide bonds. The van der Waals surface area contributed by atoms with Crippen LogP contribution >= 0.6 is 15.9 Å². The number of sulfonamides is 1. The average Bonchev–Trinajstić information content (AvgIpc) is 3.07. The van der Waals surface area contributed by atoms with Crippen LogP contribution in [0.5, 0.6) is 5.75 Å². The van der Waals surface area contributed by atoms with E-state index in [0.717, 1.165) is 44.2 Å². The van der Waals surface area contributed by atoms with Gasteiger partial charge in [-0.15, -0.1) is 0 Å². The van der Waals surface area contributed by atoms with Crippen molar-refractivity contribution in [1.82, 2.24) is 10.2 Å². The molecule has 0 aliphatic rings. The Balaban J connectivity index is 1.80. The Kier molecular flexibility index (Phi) is 12.6. The predicted molar refractivity (Wildman–Crippen MR) is 185 cm³/mol. The lowest BCUT2D eigenvalue weighted by Gasteiger charge is -2.34. The van der Waals surface area contributed by atoms with Crippen LogP contribution in [-0.2, 0) is 32.6 Å². The van der Waals surface area contributed by atoms with Gasteiger partial charge in [-0.2, -0.15) is 0 Å². The molecule has 0 saturated heterocycles. The quantitative estimate of drug-likeness (QED) is 0.147. The third kappa shape index (κ3) is 9.65. The number of ether oxygens (including phenoxy) is 1. The summed E-state index contributed by atoms with van der Waals surface area (Å²) < 4.78 is 49.4. The Morgan fingerprint density at radius 3 is 2.11 bits per heavy atom. The smallest absolute Gasteiger partial charge is 0.264 e. The van der Waals surface area contributed by atoms with Crippen molar-refractivity contribution in [2.24, 2.45) is 0 Å². The van der Waals surface area contributed by atoms with E-state index in [1.165, 1.54) is 4.90 Å². The fraction of sp³-hybridized carbons (Fsp3) is 0.278. The van der Waals surface area contributed by atoms with E-state index >= 15 is 0 Å². The van der Waals surface area contributed by atoms with E-state index in [9.17, 15) is 22.4 Å². The van der Waals surface area contributed by atoms with Gasteiger partial charge in [-0.3, -0.25) is 13.9 Å². The van der Waals surface area contributed by atoms with Crippen molar-refractivity contribution < 1.29 is 27.1 Å². The molecule has 11 heteroatoms. The summed E-state index contributed by atoms with van der Waals surface area (Å²) in [4.78, 5) is 29.7. The van der Waals surface area contributed by atoms with Gasteiger partial charge in [0.05, 0.1) is 17.2 Å². The first-order chi connectivity index (χ1) is 22.5. The first-order valence-electron chi connectivity index (χ1n) is 15.4. The molecule has 0 heterocycles. The SMILES string of the molecule is CCOc1ccc(N(CC(=O)N(Cc2ccc(Br)cc2)[C@@H](Cc2ccccc2)C(=O)N[C@H](C)CC)S(=O)(=O)c2ccc(F)cc2)cc1. The fourth-order valence-electron chi connectivity index (χ4n) is 4.92. The summed E-state index contributed by atoms with van der Waals surface area (Å²) in [7, 11) is -4.36. The van der Waals surface area contributed by atoms with Gasteiger partial charge in [0.2, 0.25) is 11.8 Å². The van der Waals surface area contributed by atoms with Gasteiger partial charge in [-0.25, -0.2) is 12.8 Å². The monoisotopic (exact) mass is 723 g/mol. The number of hydrogen-bond acceptors (Lipinski definition) is 5. The number of nitrogens with zero attached hydrogens (tertiary/aromatic N) is 2. The zero-order valence-electron chi connectivity index (χ0n) is 26.6. The highest BCUT2D eigenvalue weighted by Crippen LogP contribution is 2.27. The minimum atomic E-state index is -4.36. The number of anilines is 1. The van der Waals surface area contributed by atoms with E-state index in [-0.39, 0.29) is 35.5 Å². The van der Waals surface area contributed by atoms with Crippen molar-refractivity contribution in [3.05, 3.63) is 125 Å². The molecule has 0 spiro atoms. The summed E-state index contributed by atoms with van der Waals surface area (Å²) in [6.45, 7) is 5.53. The van der Waals surface area contributed by atoms with Crippen molar-refractivity contribution in [3.8, 4) is 5.75 Å². The van der Waals surface area contributed by atoms with E-state index in [1.807, 2.05) is 75.4 Å². The summed E-state index contributed by atoms with van der Waals surface area (Å²) in [6.07, 6.45) is 0.894. The Morgan fingerprint density at radius 2 is 1.51 bits per heavy atom. The molecule has 2 atom stereocenters. The van der Waals surface area contributed by atoms with Crippen LogP contribution in [0.3, 0.4) is 0 Å². The fourth-order valence-corrected chi connectivity index (χ4v) is 6.60. The third-order valence-corrected chi connectivity index (χ3v) is 9.97. The number of carbonyl (C=O) groups excluding carboxylic acids is 2. The molecular formula is C36H39BrFN3O5S. The molecule has 8 nitrogen and oxygen atoms in total. The number of halogens is 2. The average molecular weight is 725 g/mol. The van der Waals surface area contributed by atoms with Crippen LogP contribution < -0.4 is 14.4 Å². The zero-order chi connectivity index (χ0) is 34.0. The van der Waals surface area contributed by atoms with Crippen LogP contribution in [0.15, 0.2) is 112 Å². The van der Waals surface area contributed by atoms with Crippen molar-refractivity contribution in [2.45, 2.75) is 57.1 Å². The highest BCUT2D eigenvalue weighted by Gasteiger charge is 2.35. The van der Waals surface area contributed by atoms with Crippen LogP contribution in [-0.4, -0.2) is 50.4 Å². The molecule has 1 N–H and O–H groups in total. The van der Waals surface area contributed by atoms with Gasteiger partial charge in [-0.1, -0.05) is 65.3 Å². The minimum absolute atomic E-state index is 0.0469. The lowest BCUT2D eigenvalue weighted by atomic mass is 10.0. The summed E-state index contributed by atoms with van der Waals surface area (Å²) in [5, 5.41) is 3.02. The van der Waals surface area contributed by atoms with Gasteiger partial charge in [0.25, 0.3) is 10.0 Å². The molecule has 0 radical (unpaired) electrons. The van der Waals surface area contributed by atoms with Gasteiger partial charge >= 0.3 is 0 Å². The maximum atomic E-state index is 14.5. The van der Waals surface area contributed by atoms with Crippen molar-refractivity contribution in [2.75, 3.05) is 17.5 Å². The van der Waals surface area contributed by atoms with Gasteiger partial charge in [0.15, 0.2) is 0 Å². The molecule has 0 saturated carbocycles. The lowest BCUT2D eigenvalue weighted by molar-refractivity contribution is -0.140. The molecule has 4 aromatic rings. The molecule has 0 fully saturated rings. The second kappa shape index (κ2) is 16.6. The second-order valence-corrected chi connectivity index (χ2v) is 13.8. The van der Waals surface area contributed by atoms with Crippen LogP contribution in [0.2, 0.25) is 0 Å². The van der Waals surface area contributed by atoms with E-state index in [4.69, 9.17) is 4.74 Å². The Morgan fingerprint density at radius 1 is 0.872 bits per heavy atom. The molecule has 0 aliphatic heterocycles. The lowest BCUT2D eigenvalue weighted by Crippen LogP contribution is -2.54.